The average molecular weight is 156 g/mol. The number of hydrogen-bond donors (Lipinski definition) is 2. The normalized spacial score (nSPS) is 9.82. The van der Waals surface area contributed by atoms with Gasteiger partial charge in [-0.05, 0) is 0 Å². The molecule has 0 unspecified atom stereocenters. The van der Waals surface area contributed by atoms with Gasteiger partial charge in [0.2, 0.25) is 5.88 Å². The standard InChI is InChI=1S/C5H9BN2O3/c1-8-5(11-2)3-4(7-8)6(9)10/h3,9-10H,1-2H3. The van der Waals surface area contributed by atoms with Gasteiger partial charge in [-0.25, -0.2) is 4.68 Å². The summed E-state index contributed by atoms with van der Waals surface area (Å²) in [5.74, 6) is 0.494. The fraction of sp³-hybridized carbons (Fsp3) is 0.400. The molecule has 2 N–H and O–H groups in total. The van der Waals surface area contributed by atoms with E-state index in [-0.39, 0.29) is 5.59 Å². The summed E-state index contributed by atoms with van der Waals surface area (Å²) in [7, 11) is 1.61. The third-order valence-corrected chi connectivity index (χ3v) is 1.33. The molecular weight excluding hydrogens is 147 g/mol. The van der Waals surface area contributed by atoms with Gasteiger partial charge in [-0.2, -0.15) is 5.10 Å². The van der Waals surface area contributed by atoms with E-state index in [1.165, 1.54) is 17.9 Å². The number of hydrogen-bond acceptors (Lipinski definition) is 4. The fourth-order valence-electron chi connectivity index (χ4n) is 0.788. The first-order chi connectivity index (χ1) is 5.15. The first-order valence-electron chi connectivity index (χ1n) is 3.09. The van der Waals surface area contributed by atoms with E-state index in [0.29, 0.717) is 5.88 Å². The zero-order valence-electron chi connectivity index (χ0n) is 6.35. The minimum atomic E-state index is -1.54. The molecule has 1 aromatic rings. The molecule has 0 aliphatic heterocycles. The molecule has 0 radical (unpaired) electrons. The average Bonchev–Trinajstić information content (AvgIpc) is 2.31. The molecule has 11 heavy (non-hydrogen) atoms. The van der Waals surface area contributed by atoms with E-state index in [4.69, 9.17) is 14.8 Å². The predicted octanol–water partition coefficient (Wildman–Crippen LogP) is -1.89. The van der Waals surface area contributed by atoms with E-state index in [2.05, 4.69) is 5.10 Å². The van der Waals surface area contributed by atoms with E-state index < -0.39 is 7.12 Å². The molecule has 0 aliphatic rings. The van der Waals surface area contributed by atoms with E-state index >= 15 is 0 Å². The minimum Gasteiger partial charge on any atom is -0.481 e. The van der Waals surface area contributed by atoms with Crippen LogP contribution < -0.4 is 10.3 Å². The number of aryl methyl sites for hydroxylation is 1. The van der Waals surface area contributed by atoms with Crippen molar-refractivity contribution in [2.24, 2.45) is 7.05 Å². The summed E-state index contributed by atoms with van der Waals surface area (Å²) in [4.78, 5) is 0. The van der Waals surface area contributed by atoms with Crippen molar-refractivity contribution in [1.29, 1.82) is 0 Å². The van der Waals surface area contributed by atoms with Gasteiger partial charge in [0.25, 0.3) is 0 Å². The van der Waals surface area contributed by atoms with Gasteiger partial charge in [-0.15, -0.1) is 0 Å². The molecule has 0 atom stereocenters. The first-order valence-corrected chi connectivity index (χ1v) is 3.09. The van der Waals surface area contributed by atoms with Crippen molar-refractivity contribution < 1.29 is 14.8 Å². The molecule has 0 saturated carbocycles. The highest BCUT2D eigenvalue weighted by atomic mass is 16.5. The van der Waals surface area contributed by atoms with Gasteiger partial charge in [0.05, 0.1) is 12.7 Å². The van der Waals surface area contributed by atoms with E-state index in [0.717, 1.165) is 0 Å². The van der Waals surface area contributed by atoms with Crippen LogP contribution in [-0.2, 0) is 7.05 Å². The van der Waals surface area contributed by atoms with Crippen molar-refractivity contribution >= 4 is 12.7 Å². The maximum atomic E-state index is 8.68. The summed E-state index contributed by atoms with van der Waals surface area (Å²) in [5, 5.41) is 21.1. The van der Waals surface area contributed by atoms with Crippen LogP contribution in [0.25, 0.3) is 0 Å². The molecule has 60 valence electrons. The lowest BCUT2D eigenvalue weighted by molar-refractivity contribution is 0.373. The first kappa shape index (κ1) is 8.09. The van der Waals surface area contributed by atoms with E-state index in [1.807, 2.05) is 0 Å². The molecular formula is C5H9BN2O3. The molecule has 5 nitrogen and oxygen atoms in total. The summed E-state index contributed by atoms with van der Waals surface area (Å²) in [6.07, 6.45) is 0. The Morgan fingerprint density at radius 2 is 2.27 bits per heavy atom. The van der Waals surface area contributed by atoms with Gasteiger partial charge in [0.15, 0.2) is 0 Å². The zero-order chi connectivity index (χ0) is 8.43. The largest absolute Gasteiger partial charge is 0.510 e. The molecule has 0 amide bonds. The summed E-state index contributed by atoms with van der Waals surface area (Å²) >= 11 is 0. The second kappa shape index (κ2) is 2.94. The second-order valence-electron chi connectivity index (χ2n) is 2.11. The van der Waals surface area contributed by atoms with Gasteiger partial charge in [-0.1, -0.05) is 0 Å². The highest BCUT2D eigenvalue weighted by molar-refractivity contribution is 6.57. The van der Waals surface area contributed by atoms with Crippen LogP contribution in [0.15, 0.2) is 6.07 Å². The SMILES string of the molecule is COc1cc(B(O)O)nn1C. The molecule has 0 aromatic carbocycles. The number of methoxy groups -OCH3 is 1. The monoisotopic (exact) mass is 156 g/mol. The Kier molecular flexibility index (Phi) is 2.16. The summed E-state index contributed by atoms with van der Waals surface area (Å²) < 4.78 is 6.28. The van der Waals surface area contributed by atoms with Crippen LogP contribution >= 0.6 is 0 Å². The van der Waals surface area contributed by atoms with E-state index in [9.17, 15) is 0 Å². The molecule has 0 bridgehead atoms. The van der Waals surface area contributed by atoms with Crippen molar-refractivity contribution in [2.75, 3.05) is 7.11 Å². The van der Waals surface area contributed by atoms with Crippen LogP contribution in [0.5, 0.6) is 5.88 Å². The van der Waals surface area contributed by atoms with Crippen LogP contribution in [0.1, 0.15) is 0 Å². The van der Waals surface area contributed by atoms with Crippen molar-refractivity contribution in [3.63, 3.8) is 0 Å². The van der Waals surface area contributed by atoms with Crippen molar-refractivity contribution in [3.8, 4) is 5.88 Å². The van der Waals surface area contributed by atoms with E-state index in [1.54, 1.807) is 7.05 Å². The fourth-order valence-corrected chi connectivity index (χ4v) is 0.788. The molecule has 0 fully saturated rings. The minimum absolute atomic E-state index is 0.185. The van der Waals surface area contributed by atoms with Gasteiger partial charge in [0, 0.05) is 13.1 Å². The van der Waals surface area contributed by atoms with Gasteiger partial charge in [-0.3, -0.25) is 0 Å². The Hall–Kier alpha value is -1.01. The van der Waals surface area contributed by atoms with Crippen molar-refractivity contribution in [3.05, 3.63) is 6.07 Å². The third-order valence-electron chi connectivity index (χ3n) is 1.33. The summed E-state index contributed by atoms with van der Waals surface area (Å²) in [5.41, 5.74) is 0.185. The molecule has 0 spiro atoms. The van der Waals surface area contributed by atoms with Gasteiger partial charge < -0.3 is 14.8 Å². The maximum Gasteiger partial charge on any atom is 0.510 e. The Bertz CT molecular complexity index is 248. The van der Waals surface area contributed by atoms with Crippen LogP contribution in [0.3, 0.4) is 0 Å². The smallest absolute Gasteiger partial charge is 0.481 e. The number of rotatable bonds is 2. The highest BCUT2D eigenvalue weighted by Gasteiger charge is 2.16. The Morgan fingerprint density at radius 3 is 2.55 bits per heavy atom. The Morgan fingerprint density at radius 1 is 1.64 bits per heavy atom. The molecule has 0 saturated heterocycles. The Labute approximate surface area is 64.4 Å². The number of nitrogens with zero attached hydrogens (tertiary/aromatic N) is 2. The summed E-state index contributed by atoms with van der Waals surface area (Å²) in [6, 6.07) is 1.46. The summed E-state index contributed by atoms with van der Waals surface area (Å²) in [6.45, 7) is 0. The quantitative estimate of drug-likeness (QED) is 0.491. The lowest BCUT2D eigenvalue weighted by atomic mass is 9.87. The Balaban J connectivity index is 2.95. The van der Waals surface area contributed by atoms with Crippen molar-refractivity contribution in [2.45, 2.75) is 0 Å². The predicted molar refractivity (Wildman–Crippen MR) is 39.6 cm³/mol. The van der Waals surface area contributed by atoms with Crippen molar-refractivity contribution in [1.82, 2.24) is 9.78 Å². The lowest BCUT2D eigenvalue weighted by Crippen LogP contribution is -2.31. The third kappa shape index (κ3) is 1.52. The lowest BCUT2D eigenvalue weighted by Gasteiger charge is -1.95. The maximum absolute atomic E-state index is 8.68. The molecule has 1 aromatic heterocycles. The molecule has 0 aliphatic carbocycles. The van der Waals surface area contributed by atoms with Crippen LogP contribution in [0, 0.1) is 0 Å². The topological polar surface area (TPSA) is 67.5 Å². The van der Waals surface area contributed by atoms with Crippen LogP contribution in [0.2, 0.25) is 0 Å². The number of ether oxygens (including phenoxy) is 1. The molecule has 1 heterocycles. The van der Waals surface area contributed by atoms with Crippen LogP contribution in [-0.4, -0.2) is 34.1 Å². The number of aromatic nitrogens is 2. The second-order valence-corrected chi connectivity index (χ2v) is 2.11. The molecule has 1 rings (SSSR count). The highest BCUT2D eigenvalue weighted by Crippen LogP contribution is 2.03. The van der Waals surface area contributed by atoms with Gasteiger partial charge >= 0.3 is 7.12 Å². The zero-order valence-corrected chi connectivity index (χ0v) is 6.35. The van der Waals surface area contributed by atoms with Gasteiger partial charge in [0.1, 0.15) is 0 Å². The molecule has 6 heteroatoms. The van der Waals surface area contributed by atoms with Crippen LogP contribution in [0.4, 0.5) is 0 Å².